The molecule has 0 aromatic heterocycles. The van der Waals surface area contributed by atoms with Crippen molar-refractivity contribution in [3.05, 3.63) is 0 Å². The molecule has 1 fully saturated rings. The lowest BCUT2D eigenvalue weighted by molar-refractivity contribution is -0.122. The molecule has 3 nitrogen and oxygen atoms in total. The first-order valence-electron chi connectivity index (χ1n) is 4.20. The van der Waals surface area contributed by atoms with Crippen molar-refractivity contribution in [1.82, 2.24) is 5.32 Å². The molecule has 3 heteroatoms. The molecule has 0 heterocycles. The third kappa shape index (κ3) is 2.19. The first-order valence-corrected chi connectivity index (χ1v) is 4.20. The van der Waals surface area contributed by atoms with E-state index in [0.717, 1.165) is 25.7 Å². The van der Waals surface area contributed by atoms with Gasteiger partial charge in [-0.25, -0.2) is 0 Å². The first-order chi connectivity index (χ1) is 5.24. The summed E-state index contributed by atoms with van der Waals surface area (Å²) >= 11 is 0. The van der Waals surface area contributed by atoms with Crippen LogP contribution in [0.15, 0.2) is 0 Å². The lowest BCUT2D eigenvalue weighted by atomic mass is 9.86. The Morgan fingerprint density at radius 3 is 2.27 bits per heavy atom. The fourth-order valence-corrected chi connectivity index (χ4v) is 1.67. The summed E-state index contributed by atoms with van der Waals surface area (Å²) in [5.74, 6) is 0.0131. The number of rotatable bonds is 2. The molecule has 1 aliphatic rings. The summed E-state index contributed by atoms with van der Waals surface area (Å²) in [6.07, 6.45) is 4.09. The third-order valence-corrected chi connectivity index (χ3v) is 2.54. The van der Waals surface area contributed by atoms with E-state index >= 15 is 0 Å². The van der Waals surface area contributed by atoms with E-state index in [1.165, 1.54) is 0 Å². The molecule has 1 saturated carbocycles. The Hall–Kier alpha value is -0.570. The maximum absolute atomic E-state index is 10.8. The van der Waals surface area contributed by atoms with E-state index in [4.69, 9.17) is 5.73 Å². The average Bonchev–Trinajstić information content (AvgIpc) is 2.05. The number of amides is 1. The van der Waals surface area contributed by atoms with Crippen LogP contribution in [0.25, 0.3) is 0 Å². The van der Waals surface area contributed by atoms with Crippen LogP contribution in [0.2, 0.25) is 0 Å². The van der Waals surface area contributed by atoms with Crippen LogP contribution in [0.4, 0.5) is 0 Å². The fourth-order valence-electron chi connectivity index (χ4n) is 1.67. The second-order valence-electron chi connectivity index (χ2n) is 3.24. The summed E-state index contributed by atoms with van der Waals surface area (Å²) in [6, 6.07) is 0.602. The molecule has 0 atom stereocenters. The van der Waals surface area contributed by atoms with Crippen molar-refractivity contribution in [2.24, 2.45) is 11.7 Å². The molecule has 0 aliphatic heterocycles. The van der Waals surface area contributed by atoms with E-state index in [9.17, 15) is 4.79 Å². The zero-order valence-electron chi connectivity index (χ0n) is 6.97. The lowest BCUT2D eigenvalue weighted by Crippen LogP contribution is -2.34. The Bertz CT molecular complexity index is 139. The molecular weight excluding hydrogens is 140 g/mol. The number of hydrogen-bond acceptors (Lipinski definition) is 2. The van der Waals surface area contributed by atoms with Crippen LogP contribution in [0.3, 0.4) is 0 Å². The molecule has 0 aromatic carbocycles. The molecule has 0 saturated heterocycles. The fraction of sp³-hybridized carbons (Fsp3) is 0.875. The zero-order valence-corrected chi connectivity index (χ0v) is 6.97. The Kier molecular flexibility index (Phi) is 2.88. The highest BCUT2D eigenvalue weighted by molar-refractivity contribution is 5.76. The molecular formula is C8H16N2O. The monoisotopic (exact) mass is 156 g/mol. The van der Waals surface area contributed by atoms with Crippen LogP contribution in [-0.4, -0.2) is 19.0 Å². The van der Waals surface area contributed by atoms with Crippen molar-refractivity contribution in [2.75, 3.05) is 7.05 Å². The number of nitrogens with one attached hydrogen (secondary N) is 1. The average molecular weight is 156 g/mol. The highest BCUT2D eigenvalue weighted by Gasteiger charge is 2.23. The summed E-state index contributed by atoms with van der Waals surface area (Å²) in [6.45, 7) is 0. The van der Waals surface area contributed by atoms with Crippen molar-refractivity contribution < 1.29 is 4.79 Å². The van der Waals surface area contributed by atoms with Crippen molar-refractivity contribution in [3.8, 4) is 0 Å². The molecule has 64 valence electrons. The van der Waals surface area contributed by atoms with Gasteiger partial charge in [-0.3, -0.25) is 4.79 Å². The SMILES string of the molecule is CNC1CCC(C(N)=O)CC1. The van der Waals surface area contributed by atoms with E-state index in [0.29, 0.717) is 6.04 Å². The van der Waals surface area contributed by atoms with Gasteiger partial charge in [0.15, 0.2) is 0 Å². The Labute approximate surface area is 67.3 Å². The predicted octanol–water partition coefficient (Wildman–Crippen LogP) is 0.250. The van der Waals surface area contributed by atoms with Gasteiger partial charge >= 0.3 is 0 Å². The van der Waals surface area contributed by atoms with Crippen LogP contribution in [0, 0.1) is 5.92 Å². The van der Waals surface area contributed by atoms with Crippen molar-refractivity contribution >= 4 is 5.91 Å². The van der Waals surface area contributed by atoms with Crippen LogP contribution in [0.5, 0.6) is 0 Å². The van der Waals surface area contributed by atoms with Crippen LogP contribution >= 0.6 is 0 Å². The van der Waals surface area contributed by atoms with E-state index in [2.05, 4.69) is 5.32 Å². The van der Waals surface area contributed by atoms with Gasteiger partial charge in [-0.05, 0) is 32.7 Å². The quantitative estimate of drug-likeness (QED) is 0.602. The van der Waals surface area contributed by atoms with Gasteiger partial charge < -0.3 is 11.1 Å². The van der Waals surface area contributed by atoms with Gasteiger partial charge in [-0.1, -0.05) is 0 Å². The Morgan fingerprint density at radius 2 is 1.91 bits per heavy atom. The smallest absolute Gasteiger partial charge is 0.220 e. The highest BCUT2D eigenvalue weighted by Crippen LogP contribution is 2.23. The minimum absolute atomic E-state index is 0.125. The number of carbonyl (C=O) groups is 1. The van der Waals surface area contributed by atoms with E-state index in [-0.39, 0.29) is 11.8 Å². The minimum atomic E-state index is -0.125. The van der Waals surface area contributed by atoms with Gasteiger partial charge in [-0.15, -0.1) is 0 Å². The van der Waals surface area contributed by atoms with Gasteiger partial charge in [0, 0.05) is 12.0 Å². The minimum Gasteiger partial charge on any atom is -0.369 e. The molecule has 0 spiro atoms. The summed E-state index contributed by atoms with van der Waals surface area (Å²) in [5.41, 5.74) is 5.19. The maximum Gasteiger partial charge on any atom is 0.220 e. The van der Waals surface area contributed by atoms with Gasteiger partial charge in [0.05, 0.1) is 0 Å². The normalized spacial score (nSPS) is 31.7. The van der Waals surface area contributed by atoms with Crippen LogP contribution < -0.4 is 11.1 Å². The van der Waals surface area contributed by atoms with E-state index < -0.39 is 0 Å². The molecule has 0 aromatic rings. The topological polar surface area (TPSA) is 55.1 Å². The molecule has 0 unspecified atom stereocenters. The first kappa shape index (κ1) is 8.53. The summed E-state index contributed by atoms with van der Waals surface area (Å²) in [7, 11) is 1.97. The Balaban J connectivity index is 2.30. The molecule has 1 aliphatic carbocycles. The predicted molar refractivity (Wildman–Crippen MR) is 44.0 cm³/mol. The second kappa shape index (κ2) is 3.72. The summed E-state index contributed by atoms with van der Waals surface area (Å²) < 4.78 is 0. The summed E-state index contributed by atoms with van der Waals surface area (Å²) in [5, 5.41) is 3.21. The Morgan fingerprint density at radius 1 is 1.36 bits per heavy atom. The third-order valence-electron chi connectivity index (χ3n) is 2.54. The van der Waals surface area contributed by atoms with Crippen molar-refractivity contribution in [3.63, 3.8) is 0 Å². The molecule has 3 N–H and O–H groups in total. The largest absolute Gasteiger partial charge is 0.369 e. The molecule has 1 amide bonds. The van der Waals surface area contributed by atoms with Crippen molar-refractivity contribution in [2.45, 2.75) is 31.7 Å². The van der Waals surface area contributed by atoms with Gasteiger partial charge in [0.2, 0.25) is 5.91 Å². The zero-order chi connectivity index (χ0) is 8.27. The van der Waals surface area contributed by atoms with Gasteiger partial charge in [-0.2, -0.15) is 0 Å². The van der Waals surface area contributed by atoms with E-state index in [1.54, 1.807) is 0 Å². The molecule has 1 rings (SSSR count). The standard InChI is InChI=1S/C8H16N2O/c1-10-7-4-2-6(3-5-7)8(9)11/h6-7,10H,2-5H2,1H3,(H2,9,11). The number of carbonyl (C=O) groups excluding carboxylic acids is 1. The van der Waals surface area contributed by atoms with Gasteiger partial charge in [0.1, 0.15) is 0 Å². The van der Waals surface area contributed by atoms with Crippen molar-refractivity contribution in [1.29, 1.82) is 0 Å². The van der Waals surface area contributed by atoms with Crippen LogP contribution in [-0.2, 0) is 4.79 Å². The number of primary amides is 1. The van der Waals surface area contributed by atoms with E-state index in [1.807, 2.05) is 7.05 Å². The molecule has 0 bridgehead atoms. The lowest BCUT2D eigenvalue weighted by Gasteiger charge is -2.25. The molecule has 11 heavy (non-hydrogen) atoms. The van der Waals surface area contributed by atoms with Gasteiger partial charge in [0.25, 0.3) is 0 Å². The highest BCUT2D eigenvalue weighted by atomic mass is 16.1. The number of nitrogens with two attached hydrogens (primary N) is 1. The molecule has 0 radical (unpaired) electrons. The number of hydrogen-bond donors (Lipinski definition) is 2. The second-order valence-corrected chi connectivity index (χ2v) is 3.24. The summed E-state index contributed by atoms with van der Waals surface area (Å²) in [4.78, 5) is 10.8. The maximum atomic E-state index is 10.8. The van der Waals surface area contributed by atoms with Crippen LogP contribution in [0.1, 0.15) is 25.7 Å².